The Bertz CT molecular complexity index is 592. The van der Waals surface area contributed by atoms with E-state index >= 15 is 0 Å². The van der Waals surface area contributed by atoms with Crippen LogP contribution in [0.5, 0.6) is 0 Å². The molecule has 2 N–H and O–H groups in total. The molecule has 2 aliphatic heterocycles. The minimum Gasteiger partial charge on any atom is -0.379 e. The maximum Gasteiger partial charge on any atom is 0.225 e. The molecule has 0 aliphatic carbocycles. The molecule has 2 saturated heterocycles. The number of anilines is 1. The van der Waals surface area contributed by atoms with Crippen molar-refractivity contribution in [2.24, 2.45) is 4.99 Å². The van der Waals surface area contributed by atoms with Gasteiger partial charge in [-0.25, -0.2) is 9.97 Å². The Morgan fingerprint density at radius 1 is 1.00 bits per heavy atom. The number of aliphatic imine (C=N–C) groups is 1. The number of halogens is 1. The molecule has 0 saturated carbocycles. The van der Waals surface area contributed by atoms with Crippen LogP contribution >= 0.6 is 24.0 Å². The molecule has 0 aromatic carbocycles. The second-order valence-corrected chi connectivity index (χ2v) is 7.37. The van der Waals surface area contributed by atoms with E-state index in [1.807, 2.05) is 18.5 Å². The maximum absolute atomic E-state index is 5.40. The van der Waals surface area contributed by atoms with E-state index in [2.05, 4.69) is 42.2 Å². The van der Waals surface area contributed by atoms with Gasteiger partial charge in [-0.1, -0.05) is 0 Å². The second-order valence-electron chi connectivity index (χ2n) is 7.37. The number of morpholine rings is 1. The zero-order chi connectivity index (χ0) is 20.2. The van der Waals surface area contributed by atoms with Gasteiger partial charge in [0.15, 0.2) is 5.96 Å². The van der Waals surface area contributed by atoms with E-state index in [4.69, 9.17) is 9.73 Å². The molecule has 3 heterocycles. The fraction of sp³-hybridized carbons (Fsp3) is 0.750. The molecule has 10 heteroatoms. The lowest BCUT2D eigenvalue weighted by molar-refractivity contribution is 0.0389. The Labute approximate surface area is 197 Å². The highest BCUT2D eigenvalue weighted by atomic mass is 127. The first-order valence-electron chi connectivity index (χ1n) is 10.9. The number of ether oxygens (including phenoxy) is 1. The molecule has 0 radical (unpaired) electrons. The van der Waals surface area contributed by atoms with Gasteiger partial charge in [0.25, 0.3) is 0 Å². The van der Waals surface area contributed by atoms with E-state index in [1.54, 1.807) is 0 Å². The van der Waals surface area contributed by atoms with E-state index in [0.717, 1.165) is 104 Å². The minimum absolute atomic E-state index is 0. The Balaban J connectivity index is 0.00000320. The van der Waals surface area contributed by atoms with Crippen molar-refractivity contribution in [2.75, 3.05) is 90.1 Å². The zero-order valence-electron chi connectivity index (χ0n) is 18.1. The lowest BCUT2D eigenvalue weighted by Crippen LogP contribution is -2.47. The number of nitrogens with zero attached hydrogens (tertiary/aromatic N) is 6. The second kappa shape index (κ2) is 14.7. The van der Waals surface area contributed by atoms with Crippen LogP contribution in [0, 0.1) is 0 Å². The van der Waals surface area contributed by atoms with Gasteiger partial charge in [-0.2, -0.15) is 0 Å². The molecule has 0 amide bonds. The highest BCUT2D eigenvalue weighted by Crippen LogP contribution is 2.09. The van der Waals surface area contributed by atoms with E-state index in [1.165, 1.54) is 0 Å². The van der Waals surface area contributed by atoms with Crippen LogP contribution in [0.15, 0.2) is 23.5 Å². The standard InChI is InChI=1S/C20H36N8O.HI/c1-2-21-19(23-8-10-27-15-17-29-18-16-27)22-7-4-9-26-11-13-28(14-12-26)20-24-5-3-6-25-20;/h3,5-6H,2,4,7-18H2,1H3,(H2,21,22,23);1H. The lowest BCUT2D eigenvalue weighted by atomic mass is 10.3. The largest absolute Gasteiger partial charge is 0.379 e. The number of piperazine rings is 1. The van der Waals surface area contributed by atoms with E-state index in [0.29, 0.717) is 0 Å². The van der Waals surface area contributed by atoms with Crippen LogP contribution in [-0.2, 0) is 4.74 Å². The Morgan fingerprint density at radius 3 is 2.40 bits per heavy atom. The number of nitrogens with one attached hydrogen (secondary N) is 2. The fourth-order valence-corrected chi connectivity index (χ4v) is 3.61. The molecular formula is C20H37IN8O. The molecule has 0 spiro atoms. The van der Waals surface area contributed by atoms with Crippen molar-refractivity contribution in [1.29, 1.82) is 0 Å². The van der Waals surface area contributed by atoms with Gasteiger partial charge in [-0.15, -0.1) is 24.0 Å². The molecule has 1 aromatic rings. The molecule has 30 heavy (non-hydrogen) atoms. The normalized spacial score (nSPS) is 18.7. The molecule has 0 atom stereocenters. The summed E-state index contributed by atoms with van der Waals surface area (Å²) in [6.07, 6.45) is 4.69. The quantitative estimate of drug-likeness (QED) is 0.206. The number of hydrogen-bond acceptors (Lipinski definition) is 7. The summed E-state index contributed by atoms with van der Waals surface area (Å²) in [4.78, 5) is 20.6. The predicted molar refractivity (Wildman–Crippen MR) is 132 cm³/mol. The average Bonchev–Trinajstić information content (AvgIpc) is 2.78. The summed E-state index contributed by atoms with van der Waals surface area (Å²) in [5.41, 5.74) is 0. The summed E-state index contributed by atoms with van der Waals surface area (Å²) < 4.78 is 5.40. The van der Waals surface area contributed by atoms with Crippen molar-refractivity contribution in [2.45, 2.75) is 13.3 Å². The highest BCUT2D eigenvalue weighted by molar-refractivity contribution is 14.0. The summed E-state index contributed by atoms with van der Waals surface area (Å²) in [7, 11) is 0. The number of rotatable bonds is 9. The fourth-order valence-electron chi connectivity index (χ4n) is 3.61. The van der Waals surface area contributed by atoms with Gasteiger partial charge in [0.1, 0.15) is 0 Å². The van der Waals surface area contributed by atoms with E-state index in [-0.39, 0.29) is 24.0 Å². The van der Waals surface area contributed by atoms with Crippen molar-refractivity contribution < 1.29 is 4.74 Å². The number of hydrogen-bond donors (Lipinski definition) is 2. The summed E-state index contributed by atoms with van der Waals surface area (Å²) in [5, 5.41) is 6.80. The van der Waals surface area contributed by atoms with Crippen molar-refractivity contribution in [3.05, 3.63) is 18.5 Å². The topological polar surface area (TPSA) is 81.2 Å². The number of aromatic nitrogens is 2. The van der Waals surface area contributed by atoms with Crippen LogP contribution in [0.3, 0.4) is 0 Å². The molecule has 2 aliphatic rings. The third kappa shape index (κ3) is 8.86. The smallest absolute Gasteiger partial charge is 0.225 e. The van der Waals surface area contributed by atoms with Crippen LogP contribution in [-0.4, -0.2) is 111 Å². The first-order valence-corrected chi connectivity index (χ1v) is 10.9. The maximum atomic E-state index is 5.40. The third-order valence-electron chi connectivity index (χ3n) is 5.28. The molecule has 9 nitrogen and oxygen atoms in total. The Hall–Kier alpha value is -1.24. The lowest BCUT2D eigenvalue weighted by Gasteiger charge is -2.34. The van der Waals surface area contributed by atoms with Crippen LogP contribution in [0.25, 0.3) is 0 Å². The van der Waals surface area contributed by atoms with Gasteiger partial charge in [0, 0.05) is 84.4 Å². The third-order valence-corrected chi connectivity index (χ3v) is 5.28. The average molecular weight is 532 g/mol. The monoisotopic (exact) mass is 532 g/mol. The summed E-state index contributed by atoms with van der Waals surface area (Å²) in [6, 6.07) is 1.86. The van der Waals surface area contributed by atoms with Gasteiger partial charge >= 0.3 is 0 Å². The Morgan fingerprint density at radius 2 is 1.70 bits per heavy atom. The number of guanidine groups is 1. The molecule has 0 unspecified atom stereocenters. The SMILES string of the molecule is CCNC(=NCCCN1CCN(c2ncccn2)CC1)NCCN1CCOCC1.I. The predicted octanol–water partition coefficient (Wildman–Crippen LogP) is 0.494. The van der Waals surface area contributed by atoms with E-state index in [9.17, 15) is 0 Å². The van der Waals surface area contributed by atoms with Gasteiger partial charge in [-0.05, 0) is 19.4 Å². The molecule has 3 rings (SSSR count). The first kappa shape index (κ1) is 25.0. The minimum atomic E-state index is 0. The van der Waals surface area contributed by atoms with Crippen molar-refractivity contribution in [3.8, 4) is 0 Å². The molecule has 1 aromatic heterocycles. The van der Waals surface area contributed by atoms with Gasteiger partial charge < -0.3 is 20.3 Å². The van der Waals surface area contributed by atoms with Crippen molar-refractivity contribution in [3.63, 3.8) is 0 Å². The van der Waals surface area contributed by atoms with Crippen molar-refractivity contribution >= 4 is 35.9 Å². The van der Waals surface area contributed by atoms with E-state index < -0.39 is 0 Å². The molecule has 170 valence electrons. The van der Waals surface area contributed by atoms with Crippen LogP contribution in [0.2, 0.25) is 0 Å². The summed E-state index contributed by atoms with van der Waals surface area (Å²) in [5.74, 6) is 1.77. The van der Waals surface area contributed by atoms with Gasteiger partial charge in [0.05, 0.1) is 13.2 Å². The van der Waals surface area contributed by atoms with Crippen LogP contribution < -0.4 is 15.5 Å². The summed E-state index contributed by atoms with van der Waals surface area (Å²) in [6.45, 7) is 14.7. The first-order chi connectivity index (χ1) is 14.3. The van der Waals surface area contributed by atoms with Crippen LogP contribution in [0.4, 0.5) is 5.95 Å². The summed E-state index contributed by atoms with van der Waals surface area (Å²) >= 11 is 0. The highest BCUT2D eigenvalue weighted by Gasteiger charge is 2.18. The van der Waals surface area contributed by atoms with Crippen molar-refractivity contribution in [1.82, 2.24) is 30.4 Å². The zero-order valence-corrected chi connectivity index (χ0v) is 20.5. The van der Waals surface area contributed by atoms with Gasteiger partial charge in [0.2, 0.25) is 5.95 Å². The van der Waals surface area contributed by atoms with Crippen LogP contribution in [0.1, 0.15) is 13.3 Å². The molecule has 0 bridgehead atoms. The molecular weight excluding hydrogens is 495 g/mol. The Kier molecular flexibility index (Phi) is 12.3. The van der Waals surface area contributed by atoms with Gasteiger partial charge in [-0.3, -0.25) is 14.8 Å². The molecule has 2 fully saturated rings.